The molecule has 0 aromatic carbocycles. The Morgan fingerprint density at radius 3 is 1.72 bits per heavy atom. The van der Waals surface area contributed by atoms with Crippen molar-refractivity contribution in [2.24, 2.45) is 28.9 Å². The number of nitrogens with two attached hydrogens (primary N) is 4. The molecule has 2 fully saturated rings. The lowest BCUT2D eigenvalue weighted by molar-refractivity contribution is -0.136. The molecule has 5 heterocycles. The van der Waals surface area contributed by atoms with Gasteiger partial charge in [0.15, 0.2) is 0 Å². The predicted molar refractivity (Wildman–Crippen MR) is 259 cm³/mol. The van der Waals surface area contributed by atoms with Gasteiger partial charge < -0.3 is 67.2 Å². The fraction of sp³-hybridized carbons (Fsp3) is 0.744. The number of aliphatic hydroxyl groups is 1. The van der Waals surface area contributed by atoms with Gasteiger partial charge in [-0.3, -0.25) is 9.59 Å². The first-order chi connectivity index (χ1) is 32.6. The molecular weight excluding hydrogens is 900 g/mol. The number of halogens is 1. The minimum Gasteiger partial charge on any atom is -0.394 e. The largest absolute Gasteiger partial charge is 0.394 e. The fourth-order valence-electron chi connectivity index (χ4n) is 7.75. The highest BCUT2D eigenvalue weighted by Gasteiger charge is 2.33. The molecule has 0 radical (unpaired) electrons. The van der Waals surface area contributed by atoms with E-state index in [9.17, 15) is 14.7 Å². The Morgan fingerprint density at radius 1 is 0.750 bits per heavy atom. The number of carbonyl (C=O) groups is 2. The first kappa shape index (κ1) is 55.8. The van der Waals surface area contributed by atoms with Gasteiger partial charge >= 0.3 is 0 Å². The third-order valence-electron chi connectivity index (χ3n) is 12.1. The van der Waals surface area contributed by atoms with Crippen LogP contribution in [0.15, 0.2) is 12.4 Å². The number of unbranched alkanes of at least 4 members (excludes halogenated alkanes) is 2. The maximum absolute atomic E-state index is 14.2. The molecule has 5 atom stereocenters. The smallest absolute Gasteiger partial charge is 0.247 e. The minimum atomic E-state index is -0.696. The number of amides is 2. The van der Waals surface area contributed by atoms with E-state index in [0.29, 0.717) is 147 Å². The Balaban J connectivity index is 0.0000101. The van der Waals surface area contributed by atoms with Crippen LogP contribution >= 0.6 is 12.4 Å². The second-order valence-electron chi connectivity index (χ2n) is 16.8. The molecule has 24 nitrogen and oxygen atoms in total. The van der Waals surface area contributed by atoms with Crippen LogP contribution in [-0.4, -0.2) is 190 Å². The standard InChI is InChI=1S/C43H74N18O6.ClH/c1-4-23-65-25-27-67-28-26-66-24-14-48-41-49-42(58-19-15-56(16-20-58)39(63)36(10-6-8-12-44)60-29-34(52-54-60)33(46)31-62)51-43(50-41)59-21-17-57(18-22-59)40(64)37(11-7-9-13-45)61-30-35(53-55-61)38(47)32(3)5-2;/h1,29-30,32-33,36-38,62H,5-28,31,44-47H2,2-3H3,(H,48,49,50,51);1H/t32?,33-,36-,37-,38-;/m0./s1. The molecule has 0 spiro atoms. The topological polar surface area (TPSA) is 311 Å². The Labute approximate surface area is 405 Å². The fourth-order valence-corrected chi connectivity index (χ4v) is 7.75. The maximum Gasteiger partial charge on any atom is 0.247 e. The summed E-state index contributed by atoms with van der Waals surface area (Å²) >= 11 is 0. The number of ether oxygens (including phenoxy) is 3. The van der Waals surface area contributed by atoms with Crippen molar-refractivity contribution in [1.82, 2.24) is 54.7 Å². The Bertz CT molecular complexity index is 1960. The monoisotopic (exact) mass is 975 g/mol. The molecule has 0 aliphatic carbocycles. The highest BCUT2D eigenvalue weighted by Crippen LogP contribution is 2.26. The van der Waals surface area contributed by atoms with Crippen molar-refractivity contribution in [1.29, 1.82) is 0 Å². The van der Waals surface area contributed by atoms with Gasteiger partial charge in [-0.05, 0) is 57.5 Å². The van der Waals surface area contributed by atoms with Crippen LogP contribution in [0.2, 0.25) is 0 Å². The lowest BCUT2D eigenvalue weighted by Gasteiger charge is -2.38. The van der Waals surface area contributed by atoms with E-state index in [1.54, 1.807) is 15.6 Å². The van der Waals surface area contributed by atoms with E-state index in [-0.39, 0.29) is 49.4 Å². The molecule has 0 saturated carbocycles. The molecule has 5 rings (SSSR count). The van der Waals surface area contributed by atoms with E-state index < -0.39 is 18.1 Å². The summed E-state index contributed by atoms with van der Waals surface area (Å²) in [4.78, 5) is 50.7. The number of hydrogen-bond acceptors (Lipinski definition) is 20. The van der Waals surface area contributed by atoms with Crippen molar-refractivity contribution in [2.75, 3.05) is 133 Å². The average Bonchev–Trinajstić information content (AvgIpc) is 4.06. The van der Waals surface area contributed by atoms with Gasteiger partial charge in [-0.15, -0.1) is 29.0 Å². The van der Waals surface area contributed by atoms with Gasteiger partial charge in [0.2, 0.25) is 29.7 Å². The number of aliphatic hydroxyl groups excluding tert-OH is 1. The summed E-state index contributed by atoms with van der Waals surface area (Å²) in [6.45, 7) is 11.3. The zero-order chi connectivity index (χ0) is 48.0. The highest BCUT2D eigenvalue weighted by molar-refractivity contribution is 5.85. The Morgan fingerprint density at radius 2 is 1.24 bits per heavy atom. The zero-order valence-corrected chi connectivity index (χ0v) is 40.6. The van der Waals surface area contributed by atoms with Crippen LogP contribution in [0.5, 0.6) is 0 Å². The summed E-state index contributed by atoms with van der Waals surface area (Å²) in [6.07, 6.45) is 13.7. The minimum absolute atomic E-state index is 0. The number of hydrogen-bond donors (Lipinski definition) is 6. The van der Waals surface area contributed by atoms with Crippen molar-refractivity contribution < 1.29 is 28.9 Å². The zero-order valence-electron chi connectivity index (χ0n) is 39.8. The lowest BCUT2D eigenvalue weighted by Crippen LogP contribution is -2.52. The van der Waals surface area contributed by atoms with Gasteiger partial charge in [0.05, 0.1) is 69.8 Å². The van der Waals surface area contributed by atoms with E-state index in [4.69, 9.17) is 58.5 Å². The number of nitrogens with zero attached hydrogens (tertiary/aromatic N) is 13. The molecule has 0 bridgehead atoms. The quantitative estimate of drug-likeness (QED) is 0.0367. The lowest BCUT2D eigenvalue weighted by atomic mass is 9.98. The van der Waals surface area contributed by atoms with E-state index >= 15 is 0 Å². The summed E-state index contributed by atoms with van der Waals surface area (Å²) in [5.41, 5.74) is 25.2. The van der Waals surface area contributed by atoms with Crippen LogP contribution in [0.25, 0.3) is 0 Å². The molecule has 2 amide bonds. The van der Waals surface area contributed by atoms with Crippen molar-refractivity contribution >= 4 is 42.1 Å². The maximum atomic E-state index is 14.2. The Hall–Kier alpha value is -4.84. The number of carbonyl (C=O) groups excluding carboxylic acids is 2. The average molecular weight is 976 g/mol. The van der Waals surface area contributed by atoms with Gasteiger partial charge in [0.1, 0.15) is 24.4 Å². The van der Waals surface area contributed by atoms with Crippen LogP contribution in [0, 0.1) is 18.3 Å². The van der Waals surface area contributed by atoms with Gasteiger partial charge in [-0.25, -0.2) is 9.36 Å². The van der Waals surface area contributed by atoms with Crippen LogP contribution in [-0.2, 0) is 23.8 Å². The molecule has 3 aromatic heterocycles. The predicted octanol–water partition coefficient (Wildman–Crippen LogP) is -0.353. The SMILES string of the molecule is C#CCOCCOCCOCCNc1nc(N2CCN(C(=O)[C@H](CCCCN)n3cc([C@@H](N)C(C)CC)nn3)CC2)nc(N2CCN(C(=O)[C@H](CCCCN)n3cc([C@@H](N)CO)nn3)CC2)n1.Cl. The van der Waals surface area contributed by atoms with Crippen molar-refractivity contribution in [2.45, 2.75) is 83.0 Å². The molecule has 68 heavy (non-hydrogen) atoms. The number of piperazine rings is 2. The summed E-state index contributed by atoms with van der Waals surface area (Å²) in [5, 5.41) is 30.0. The van der Waals surface area contributed by atoms with Crippen LogP contribution in [0.1, 0.15) is 94.3 Å². The molecule has 3 aromatic rings. The second-order valence-corrected chi connectivity index (χ2v) is 16.8. The molecular formula is C43H75ClN18O6. The molecule has 2 aliphatic heterocycles. The van der Waals surface area contributed by atoms with Crippen LogP contribution in [0.3, 0.4) is 0 Å². The Kier molecular flexibility index (Phi) is 24.5. The summed E-state index contributed by atoms with van der Waals surface area (Å²) in [7, 11) is 0. The normalized spacial score (nSPS) is 16.4. The molecule has 1 unspecified atom stereocenters. The van der Waals surface area contributed by atoms with E-state index in [2.05, 4.69) is 50.6 Å². The number of anilines is 3. The highest BCUT2D eigenvalue weighted by atomic mass is 35.5. The third kappa shape index (κ3) is 16.4. The van der Waals surface area contributed by atoms with Crippen molar-refractivity contribution in [3.8, 4) is 12.3 Å². The van der Waals surface area contributed by atoms with Crippen LogP contribution < -0.4 is 38.1 Å². The summed E-state index contributed by atoms with van der Waals surface area (Å²) < 4.78 is 19.7. The summed E-state index contributed by atoms with van der Waals surface area (Å²) in [5.74, 6) is 3.85. The van der Waals surface area contributed by atoms with Gasteiger partial charge in [0, 0.05) is 58.9 Å². The second kappa shape index (κ2) is 29.9. The third-order valence-corrected chi connectivity index (χ3v) is 12.1. The number of terminal acetylenes is 1. The van der Waals surface area contributed by atoms with Gasteiger partial charge in [-0.1, -0.05) is 36.6 Å². The van der Waals surface area contributed by atoms with E-state index in [0.717, 1.165) is 32.1 Å². The van der Waals surface area contributed by atoms with Gasteiger partial charge in [-0.2, -0.15) is 15.0 Å². The first-order valence-corrected chi connectivity index (χ1v) is 23.7. The van der Waals surface area contributed by atoms with Gasteiger partial charge in [0.25, 0.3) is 0 Å². The van der Waals surface area contributed by atoms with Crippen molar-refractivity contribution in [3.05, 3.63) is 23.8 Å². The molecule has 2 saturated heterocycles. The molecule has 25 heteroatoms. The van der Waals surface area contributed by atoms with E-state index in [1.165, 1.54) is 0 Å². The van der Waals surface area contributed by atoms with Crippen LogP contribution in [0.4, 0.5) is 17.8 Å². The first-order valence-electron chi connectivity index (χ1n) is 23.7. The van der Waals surface area contributed by atoms with Crippen molar-refractivity contribution in [3.63, 3.8) is 0 Å². The number of aromatic nitrogens is 9. The van der Waals surface area contributed by atoms with E-state index in [1.807, 2.05) is 20.9 Å². The molecule has 10 N–H and O–H groups in total. The molecule has 380 valence electrons. The number of nitrogens with one attached hydrogen (secondary N) is 1. The number of rotatable bonds is 30. The molecule has 2 aliphatic rings. The summed E-state index contributed by atoms with van der Waals surface area (Å²) in [6, 6.07) is -2.10.